The van der Waals surface area contributed by atoms with E-state index in [9.17, 15) is 0 Å². The summed E-state index contributed by atoms with van der Waals surface area (Å²) >= 11 is 0. The second kappa shape index (κ2) is 5.69. The monoisotopic (exact) mass is 303 g/mol. The molecular formula is C20H17NO2. The molecule has 1 heterocycles. The van der Waals surface area contributed by atoms with E-state index in [1.54, 1.807) is 7.11 Å². The molecule has 4 aromatic rings. The van der Waals surface area contributed by atoms with Crippen molar-refractivity contribution in [3.05, 3.63) is 72.3 Å². The molecule has 114 valence electrons. The van der Waals surface area contributed by atoms with Gasteiger partial charge in [-0.15, -0.1) is 0 Å². The van der Waals surface area contributed by atoms with Crippen molar-refractivity contribution < 1.29 is 9.15 Å². The van der Waals surface area contributed by atoms with Crippen LogP contribution in [0.4, 0.5) is 5.69 Å². The Hall–Kier alpha value is -2.94. The lowest BCUT2D eigenvalue weighted by Crippen LogP contribution is -1.99. The van der Waals surface area contributed by atoms with Gasteiger partial charge in [-0.1, -0.05) is 30.3 Å². The Labute approximate surface area is 134 Å². The molecule has 3 heteroatoms. The lowest BCUT2D eigenvalue weighted by atomic mass is 10.1. The summed E-state index contributed by atoms with van der Waals surface area (Å²) in [4.78, 5) is 0. The van der Waals surface area contributed by atoms with Gasteiger partial charge in [0.1, 0.15) is 16.9 Å². The third kappa shape index (κ3) is 2.61. The van der Waals surface area contributed by atoms with Crippen LogP contribution in [0.5, 0.6) is 5.75 Å². The highest BCUT2D eigenvalue weighted by Crippen LogP contribution is 2.30. The summed E-state index contributed by atoms with van der Waals surface area (Å²) in [7, 11) is 1.69. The van der Waals surface area contributed by atoms with Crippen molar-refractivity contribution in [2.24, 2.45) is 0 Å². The minimum absolute atomic E-state index is 0.749. The van der Waals surface area contributed by atoms with Crippen LogP contribution in [-0.2, 0) is 6.54 Å². The molecular weight excluding hydrogens is 286 g/mol. The van der Waals surface area contributed by atoms with Gasteiger partial charge in [-0.2, -0.15) is 0 Å². The van der Waals surface area contributed by atoms with Gasteiger partial charge in [-0.05, 0) is 42.0 Å². The van der Waals surface area contributed by atoms with Gasteiger partial charge < -0.3 is 14.5 Å². The molecule has 0 spiro atoms. The Morgan fingerprint density at radius 1 is 0.870 bits per heavy atom. The van der Waals surface area contributed by atoms with Gasteiger partial charge in [0.05, 0.1) is 7.11 Å². The van der Waals surface area contributed by atoms with E-state index in [1.165, 1.54) is 5.56 Å². The molecule has 1 aromatic heterocycles. The number of furan rings is 1. The summed E-state index contributed by atoms with van der Waals surface area (Å²) in [6, 6.07) is 22.4. The van der Waals surface area contributed by atoms with Gasteiger partial charge in [-0.3, -0.25) is 0 Å². The molecule has 1 N–H and O–H groups in total. The van der Waals surface area contributed by atoms with Crippen LogP contribution in [0.15, 0.2) is 71.1 Å². The number of rotatable bonds is 4. The van der Waals surface area contributed by atoms with E-state index in [1.807, 2.05) is 48.5 Å². The van der Waals surface area contributed by atoms with Crippen molar-refractivity contribution in [3.8, 4) is 5.75 Å². The second-order valence-corrected chi connectivity index (χ2v) is 5.51. The van der Waals surface area contributed by atoms with E-state index < -0.39 is 0 Å². The number of ether oxygens (including phenoxy) is 1. The van der Waals surface area contributed by atoms with Crippen LogP contribution in [0.3, 0.4) is 0 Å². The molecule has 0 saturated heterocycles. The first-order chi connectivity index (χ1) is 11.3. The summed E-state index contributed by atoms with van der Waals surface area (Å²) < 4.78 is 11.1. The molecule has 3 aromatic carbocycles. The summed E-state index contributed by atoms with van der Waals surface area (Å²) in [5, 5.41) is 5.74. The Bertz CT molecular complexity index is 972. The molecule has 0 atom stereocenters. The maximum Gasteiger partial charge on any atom is 0.135 e. The zero-order chi connectivity index (χ0) is 15.6. The number of methoxy groups -OCH3 is 1. The van der Waals surface area contributed by atoms with Gasteiger partial charge in [0, 0.05) is 23.0 Å². The van der Waals surface area contributed by atoms with E-state index in [4.69, 9.17) is 9.15 Å². The average molecular weight is 303 g/mol. The van der Waals surface area contributed by atoms with E-state index in [0.717, 1.165) is 39.9 Å². The summed E-state index contributed by atoms with van der Waals surface area (Å²) in [5.41, 5.74) is 4.10. The lowest BCUT2D eigenvalue weighted by Gasteiger charge is -2.08. The first-order valence-corrected chi connectivity index (χ1v) is 7.61. The fourth-order valence-electron chi connectivity index (χ4n) is 2.82. The molecule has 0 fully saturated rings. The Morgan fingerprint density at radius 2 is 1.74 bits per heavy atom. The predicted octanol–water partition coefficient (Wildman–Crippen LogP) is 5.21. The maximum absolute atomic E-state index is 5.86. The van der Waals surface area contributed by atoms with Crippen molar-refractivity contribution in [2.75, 3.05) is 12.4 Å². The summed E-state index contributed by atoms with van der Waals surface area (Å²) in [6.07, 6.45) is 0. The third-order valence-corrected chi connectivity index (χ3v) is 4.01. The van der Waals surface area contributed by atoms with Crippen molar-refractivity contribution in [3.63, 3.8) is 0 Å². The third-order valence-electron chi connectivity index (χ3n) is 4.01. The Balaban J connectivity index is 1.62. The lowest BCUT2D eigenvalue weighted by molar-refractivity contribution is 0.414. The maximum atomic E-state index is 5.86. The van der Waals surface area contributed by atoms with E-state index in [2.05, 4.69) is 23.5 Å². The molecule has 0 saturated carbocycles. The number of anilines is 1. The fraction of sp³-hybridized carbons (Fsp3) is 0.100. The van der Waals surface area contributed by atoms with Crippen LogP contribution in [0.1, 0.15) is 5.56 Å². The molecule has 0 aliphatic rings. The van der Waals surface area contributed by atoms with Crippen LogP contribution in [0.25, 0.3) is 21.9 Å². The molecule has 0 unspecified atom stereocenters. The highest BCUT2D eigenvalue weighted by Gasteiger charge is 2.06. The van der Waals surface area contributed by atoms with E-state index in [-0.39, 0.29) is 0 Å². The molecule has 4 rings (SSSR count). The first kappa shape index (κ1) is 13.7. The van der Waals surface area contributed by atoms with Crippen molar-refractivity contribution in [1.82, 2.24) is 0 Å². The predicted molar refractivity (Wildman–Crippen MR) is 94.0 cm³/mol. The number of para-hydroxylation sites is 1. The second-order valence-electron chi connectivity index (χ2n) is 5.51. The highest BCUT2D eigenvalue weighted by molar-refractivity contribution is 6.05. The fourth-order valence-corrected chi connectivity index (χ4v) is 2.82. The zero-order valence-corrected chi connectivity index (χ0v) is 12.9. The van der Waals surface area contributed by atoms with Gasteiger partial charge >= 0.3 is 0 Å². The Kier molecular flexibility index (Phi) is 3.39. The minimum Gasteiger partial charge on any atom is -0.497 e. The molecule has 0 radical (unpaired) electrons. The van der Waals surface area contributed by atoms with Crippen LogP contribution in [0, 0.1) is 0 Å². The number of fused-ring (bicyclic) bond motifs is 3. The minimum atomic E-state index is 0.749. The quantitative estimate of drug-likeness (QED) is 0.562. The standard InChI is InChI=1S/C20H17NO2/c1-22-16-6-4-5-14(11-16)13-21-15-9-10-20-18(12-15)17-7-2-3-8-19(17)23-20/h2-12,21H,13H2,1H3. The molecule has 0 amide bonds. The molecule has 0 bridgehead atoms. The topological polar surface area (TPSA) is 34.4 Å². The molecule has 3 nitrogen and oxygen atoms in total. The van der Waals surface area contributed by atoms with Crippen molar-refractivity contribution >= 4 is 27.6 Å². The smallest absolute Gasteiger partial charge is 0.135 e. The first-order valence-electron chi connectivity index (χ1n) is 7.61. The van der Waals surface area contributed by atoms with Crippen LogP contribution in [-0.4, -0.2) is 7.11 Å². The van der Waals surface area contributed by atoms with E-state index >= 15 is 0 Å². The van der Waals surface area contributed by atoms with Crippen LogP contribution >= 0.6 is 0 Å². The summed E-state index contributed by atoms with van der Waals surface area (Å²) in [6.45, 7) is 0.749. The molecule has 0 aliphatic heterocycles. The Morgan fingerprint density at radius 3 is 2.65 bits per heavy atom. The SMILES string of the molecule is COc1cccc(CNc2ccc3oc4ccccc4c3c2)c1. The van der Waals surface area contributed by atoms with Crippen LogP contribution in [0.2, 0.25) is 0 Å². The van der Waals surface area contributed by atoms with Gasteiger partial charge in [-0.25, -0.2) is 0 Å². The van der Waals surface area contributed by atoms with Gasteiger partial charge in [0.25, 0.3) is 0 Å². The van der Waals surface area contributed by atoms with Crippen molar-refractivity contribution in [2.45, 2.75) is 6.54 Å². The highest BCUT2D eigenvalue weighted by atomic mass is 16.5. The summed E-state index contributed by atoms with van der Waals surface area (Å²) in [5.74, 6) is 0.876. The van der Waals surface area contributed by atoms with Crippen molar-refractivity contribution in [1.29, 1.82) is 0 Å². The number of benzene rings is 3. The van der Waals surface area contributed by atoms with Crippen LogP contribution < -0.4 is 10.1 Å². The van der Waals surface area contributed by atoms with Gasteiger partial charge in [0.15, 0.2) is 0 Å². The normalized spacial score (nSPS) is 11.0. The largest absolute Gasteiger partial charge is 0.497 e. The number of nitrogens with one attached hydrogen (secondary N) is 1. The molecule has 23 heavy (non-hydrogen) atoms. The van der Waals surface area contributed by atoms with E-state index in [0.29, 0.717) is 0 Å². The number of hydrogen-bond acceptors (Lipinski definition) is 3. The van der Waals surface area contributed by atoms with Gasteiger partial charge in [0.2, 0.25) is 0 Å². The number of hydrogen-bond donors (Lipinski definition) is 1. The zero-order valence-electron chi connectivity index (χ0n) is 12.9. The molecule has 0 aliphatic carbocycles. The average Bonchev–Trinajstić information content (AvgIpc) is 2.98.